The van der Waals surface area contributed by atoms with Gasteiger partial charge in [0.1, 0.15) is 5.82 Å². The summed E-state index contributed by atoms with van der Waals surface area (Å²) in [7, 11) is 0. The number of hydrogen-bond acceptors (Lipinski definition) is 2. The standard InChI is InChI=1S/C17H15FN2O/c1-12(15-6-2-14(11-19)3-7-15)20-17(21)10-13-4-8-16(18)9-5-13/h2-9,12H,10H2,1H3,(H,20,21). The predicted octanol–water partition coefficient (Wildman–Crippen LogP) is 3.12. The Morgan fingerprint density at radius 3 is 2.38 bits per heavy atom. The summed E-state index contributed by atoms with van der Waals surface area (Å²) in [6, 6.07) is 14.9. The zero-order chi connectivity index (χ0) is 15.2. The van der Waals surface area contributed by atoms with Gasteiger partial charge in [0.2, 0.25) is 5.91 Å². The maximum Gasteiger partial charge on any atom is 0.224 e. The first kappa shape index (κ1) is 14.7. The van der Waals surface area contributed by atoms with Crippen molar-refractivity contribution in [1.29, 1.82) is 5.26 Å². The number of nitrogens with zero attached hydrogens (tertiary/aromatic N) is 1. The summed E-state index contributed by atoms with van der Waals surface area (Å²) >= 11 is 0. The third-order valence-corrected chi connectivity index (χ3v) is 3.20. The largest absolute Gasteiger partial charge is 0.349 e. The quantitative estimate of drug-likeness (QED) is 0.936. The molecule has 1 atom stereocenters. The van der Waals surface area contributed by atoms with Crippen molar-refractivity contribution in [1.82, 2.24) is 5.32 Å². The number of halogens is 1. The molecule has 0 fully saturated rings. The summed E-state index contributed by atoms with van der Waals surface area (Å²) in [5.74, 6) is -0.441. The van der Waals surface area contributed by atoms with Crippen LogP contribution >= 0.6 is 0 Å². The molecule has 1 N–H and O–H groups in total. The molecule has 1 amide bonds. The average Bonchev–Trinajstić information content (AvgIpc) is 2.49. The van der Waals surface area contributed by atoms with Crippen molar-refractivity contribution in [2.45, 2.75) is 19.4 Å². The van der Waals surface area contributed by atoms with E-state index in [0.29, 0.717) is 5.56 Å². The summed E-state index contributed by atoms with van der Waals surface area (Å²) in [6.45, 7) is 1.88. The molecule has 106 valence electrons. The van der Waals surface area contributed by atoms with E-state index in [1.807, 2.05) is 19.1 Å². The molecule has 0 spiro atoms. The Labute approximate surface area is 123 Å². The third-order valence-electron chi connectivity index (χ3n) is 3.20. The molecule has 2 aromatic rings. The molecule has 0 aliphatic carbocycles. The summed E-state index contributed by atoms with van der Waals surface area (Å²) in [5.41, 5.74) is 2.28. The maximum absolute atomic E-state index is 12.8. The number of nitriles is 1. The van der Waals surface area contributed by atoms with Crippen LogP contribution in [0.3, 0.4) is 0 Å². The van der Waals surface area contributed by atoms with Gasteiger partial charge in [0.05, 0.1) is 24.1 Å². The topological polar surface area (TPSA) is 52.9 Å². The van der Waals surface area contributed by atoms with Crippen molar-refractivity contribution in [2.75, 3.05) is 0 Å². The van der Waals surface area contributed by atoms with Crippen LogP contribution in [0.2, 0.25) is 0 Å². The first-order valence-electron chi connectivity index (χ1n) is 6.62. The first-order chi connectivity index (χ1) is 10.1. The van der Waals surface area contributed by atoms with Gasteiger partial charge in [-0.2, -0.15) is 5.26 Å². The van der Waals surface area contributed by atoms with Crippen LogP contribution in [0.1, 0.15) is 29.7 Å². The molecule has 0 saturated carbocycles. The van der Waals surface area contributed by atoms with Crippen molar-refractivity contribution in [3.05, 3.63) is 71.0 Å². The molecule has 0 aliphatic heterocycles. The zero-order valence-electron chi connectivity index (χ0n) is 11.6. The Morgan fingerprint density at radius 1 is 1.19 bits per heavy atom. The minimum atomic E-state index is -0.315. The lowest BCUT2D eigenvalue weighted by atomic mass is 10.1. The average molecular weight is 282 g/mol. The van der Waals surface area contributed by atoms with Gasteiger partial charge in [0.15, 0.2) is 0 Å². The number of nitrogens with one attached hydrogen (secondary N) is 1. The van der Waals surface area contributed by atoms with Crippen LogP contribution in [0.4, 0.5) is 4.39 Å². The molecular weight excluding hydrogens is 267 g/mol. The summed E-state index contributed by atoms with van der Waals surface area (Å²) in [4.78, 5) is 11.9. The van der Waals surface area contributed by atoms with E-state index < -0.39 is 0 Å². The van der Waals surface area contributed by atoms with Crippen molar-refractivity contribution < 1.29 is 9.18 Å². The molecule has 0 heterocycles. The molecule has 1 unspecified atom stereocenters. The van der Waals surface area contributed by atoms with E-state index in [1.165, 1.54) is 12.1 Å². The lowest BCUT2D eigenvalue weighted by molar-refractivity contribution is -0.121. The molecule has 2 aromatic carbocycles. The van der Waals surface area contributed by atoms with Crippen LogP contribution in [0.25, 0.3) is 0 Å². The maximum atomic E-state index is 12.8. The van der Waals surface area contributed by atoms with Gasteiger partial charge in [-0.1, -0.05) is 24.3 Å². The third kappa shape index (κ3) is 4.15. The highest BCUT2D eigenvalue weighted by Gasteiger charge is 2.10. The number of carbonyl (C=O) groups is 1. The Bertz CT molecular complexity index is 657. The molecule has 0 aromatic heterocycles. The highest BCUT2D eigenvalue weighted by molar-refractivity contribution is 5.79. The van der Waals surface area contributed by atoms with Gasteiger partial charge in [-0.05, 0) is 42.3 Å². The minimum Gasteiger partial charge on any atom is -0.349 e. The van der Waals surface area contributed by atoms with Gasteiger partial charge < -0.3 is 5.32 Å². The lowest BCUT2D eigenvalue weighted by Crippen LogP contribution is -2.28. The first-order valence-corrected chi connectivity index (χ1v) is 6.62. The Balaban J connectivity index is 1.95. The van der Waals surface area contributed by atoms with E-state index in [-0.39, 0.29) is 24.2 Å². The Morgan fingerprint density at radius 2 is 1.81 bits per heavy atom. The van der Waals surface area contributed by atoms with Crippen LogP contribution in [0.5, 0.6) is 0 Å². The normalized spacial score (nSPS) is 11.5. The van der Waals surface area contributed by atoms with Crippen LogP contribution in [-0.2, 0) is 11.2 Å². The highest BCUT2D eigenvalue weighted by atomic mass is 19.1. The lowest BCUT2D eigenvalue weighted by Gasteiger charge is -2.14. The Kier molecular flexibility index (Phi) is 4.68. The molecule has 21 heavy (non-hydrogen) atoms. The van der Waals surface area contributed by atoms with Gasteiger partial charge in [-0.15, -0.1) is 0 Å². The van der Waals surface area contributed by atoms with E-state index in [9.17, 15) is 9.18 Å². The molecule has 0 saturated heterocycles. The van der Waals surface area contributed by atoms with Crippen molar-refractivity contribution in [2.24, 2.45) is 0 Å². The van der Waals surface area contributed by atoms with E-state index in [4.69, 9.17) is 5.26 Å². The monoisotopic (exact) mass is 282 g/mol. The fourth-order valence-electron chi connectivity index (χ4n) is 2.01. The smallest absolute Gasteiger partial charge is 0.224 e. The fraction of sp³-hybridized carbons (Fsp3) is 0.176. The SMILES string of the molecule is CC(NC(=O)Cc1ccc(F)cc1)c1ccc(C#N)cc1. The Hall–Kier alpha value is -2.67. The van der Waals surface area contributed by atoms with E-state index in [0.717, 1.165) is 11.1 Å². The number of hydrogen-bond donors (Lipinski definition) is 1. The summed E-state index contributed by atoms with van der Waals surface area (Å²) in [6.07, 6.45) is 0.209. The second-order valence-corrected chi connectivity index (χ2v) is 4.83. The fourth-order valence-corrected chi connectivity index (χ4v) is 2.01. The molecular formula is C17H15FN2O. The number of amides is 1. The molecule has 2 rings (SSSR count). The van der Waals surface area contributed by atoms with Gasteiger partial charge in [-0.3, -0.25) is 4.79 Å². The number of carbonyl (C=O) groups excluding carboxylic acids is 1. The van der Waals surface area contributed by atoms with Crippen LogP contribution in [0.15, 0.2) is 48.5 Å². The van der Waals surface area contributed by atoms with Crippen LogP contribution in [0, 0.1) is 17.1 Å². The highest BCUT2D eigenvalue weighted by Crippen LogP contribution is 2.13. The zero-order valence-corrected chi connectivity index (χ0v) is 11.6. The summed E-state index contributed by atoms with van der Waals surface area (Å²) < 4.78 is 12.8. The molecule has 0 radical (unpaired) electrons. The van der Waals surface area contributed by atoms with Gasteiger partial charge in [0.25, 0.3) is 0 Å². The second kappa shape index (κ2) is 6.67. The van der Waals surface area contributed by atoms with Gasteiger partial charge >= 0.3 is 0 Å². The van der Waals surface area contributed by atoms with Crippen molar-refractivity contribution in [3.63, 3.8) is 0 Å². The van der Waals surface area contributed by atoms with E-state index >= 15 is 0 Å². The number of rotatable bonds is 4. The second-order valence-electron chi connectivity index (χ2n) is 4.83. The van der Waals surface area contributed by atoms with E-state index in [1.54, 1.807) is 24.3 Å². The van der Waals surface area contributed by atoms with Crippen molar-refractivity contribution >= 4 is 5.91 Å². The number of benzene rings is 2. The molecule has 0 aliphatic rings. The van der Waals surface area contributed by atoms with Crippen molar-refractivity contribution in [3.8, 4) is 6.07 Å². The summed E-state index contributed by atoms with van der Waals surface area (Å²) in [5, 5.41) is 11.6. The van der Waals surface area contributed by atoms with Gasteiger partial charge in [-0.25, -0.2) is 4.39 Å². The predicted molar refractivity (Wildman–Crippen MR) is 77.8 cm³/mol. The molecule has 3 nitrogen and oxygen atoms in total. The van der Waals surface area contributed by atoms with Crippen LogP contribution < -0.4 is 5.32 Å². The van der Waals surface area contributed by atoms with Crippen LogP contribution in [-0.4, -0.2) is 5.91 Å². The molecule has 4 heteroatoms. The minimum absolute atomic E-state index is 0.126. The van der Waals surface area contributed by atoms with Gasteiger partial charge in [0, 0.05) is 0 Å². The van der Waals surface area contributed by atoms with E-state index in [2.05, 4.69) is 11.4 Å². The molecule has 0 bridgehead atoms.